The number of methoxy groups -OCH3 is 1. The Hall–Kier alpha value is -3.64. The van der Waals surface area contributed by atoms with Crippen molar-refractivity contribution in [2.24, 2.45) is 0 Å². The highest BCUT2D eigenvalue weighted by Gasteiger charge is 2.25. The van der Waals surface area contributed by atoms with Gasteiger partial charge in [-0.15, -0.1) is 0 Å². The number of benzene rings is 3. The van der Waals surface area contributed by atoms with Gasteiger partial charge in [0.25, 0.3) is 0 Å². The van der Waals surface area contributed by atoms with Gasteiger partial charge in [-0.05, 0) is 36.2 Å². The van der Waals surface area contributed by atoms with Crippen LogP contribution in [0.2, 0.25) is 0 Å². The first kappa shape index (κ1) is 25.0. The Morgan fingerprint density at radius 2 is 1.41 bits per heavy atom. The Balaban J connectivity index is 1.72. The van der Waals surface area contributed by atoms with Gasteiger partial charge in [0, 0.05) is 7.05 Å². The molecule has 0 saturated heterocycles. The number of nitrogens with zero attached hydrogens (tertiary/aromatic N) is 2. The monoisotopic (exact) mass is 459 g/mol. The number of amides is 2. The maximum Gasteiger partial charge on any atom is 0.238 e. The van der Waals surface area contributed by atoms with E-state index in [0.717, 1.165) is 17.5 Å². The van der Waals surface area contributed by atoms with Gasteiger partial charge in [0.2, 0.25) is 11.8 Å². The fourth-order valence-electron chi connectivity index (χ4n) is 4.03. The molecule has 3 rings (SSSR count). The Labute approximate surface area is 202 Å². The molecule has 0 aliphatic rings. The number of rotatable bonds is 11. The summed E-state index contributed by atoms with van der Waals surface area (Å²) in [5, 5.41) is 2.90. The van der Waals surface area contributed by atoms with E-state index >= 15 is 0 Å². The highest BCUT2D eigenvalue weighted by Crippen LogP contribution is 2.28. The van der Waals surface area contributed by atoms with Crippen LogP contribution < -0.4 is 10.1 Å². The summed E-state index contributed by atoms with van der Waals surface area (Å²) < 4.78 is 5.32. The number of hydrogen-bond donors (Lipinski definition) is 1. The summed E-state index contributed by atoms with van der Waals surface area (Å²) in [7, 11) is 3.39. The lowest BCUT2D eigenvalue weighted by molar-refractivity contribution is -0.133. The average molecular weight is 460 g/mol. The van der Waals surface area contributed by atoms with Gasteiger partial charge in [-0.2, -0.15) is 0 Å². The second-order valence-electron chi connectivity index (χ2n) is 8.19. The molecule has 6 nitrogen and oxygen atoms in total. The Bertz CT molecular complexity index is 1020. The minimum Gasteiger partial charge on any atom is -0.495 e. The summed E-state index contributed by atoms with van der Waals surface area (Å²) in [6.07, 6.45) is 0.833. The molecular weight excluding hydrogens is 426 g/mol. The van der Waals surface area contributed by atoms with Crippen molar-refractivity contribution in [3.8, 4) is 5.75 Å². The zero-order chi connectivity index (χ0) is 24.3. The lowest BCUT2D eigenvalue weighted by Gasteiger charge is -2.31. The van der Waals surface area contributed by atoms with Crippen molar-refractivity contribution < 1.29 is 14.3 Å². The van der Waals surface area contributed by atoms with Crippen LogP contribution in [-0.4, -0.2) is 55.4 Å². The molecule has 0 aromatic heterocycles. The van der Waals surface area contributed by atoms with Crippen LogP contribution in [0, 0.1) is 0 Å². The van der Waals surface area contributed by atoms with Crippen LogP contribution in [0.3, 0.4) is 0 Å². The third kappa shape index (κ3) is 6.68. The minimum atomic E-state index is -0.208. The zero-order valence-corrected chi connectivity index (χ0v) is 20.1. The maximum absolute atomic E-state index is 13.4. The minimum absolute atomic E-state index is 0.0451. The third-order valence-corrected chi connectivity index (χ3v) is 5.66. The quantitative estimate of drug-likeness (QED) is 0.455. The zero-order valence-electron chi connectivity index (χ0n) is 20.1. The van der Waals surface area contributed by atoms with Gasteiger partial charge in [-0.25, -0.2) is 0 Å². The second kappa shape index (κ2) is 12.6. The summed E-state index contributed by atoms with van der Waals surface area (Å²) in [6, 6.07) is 27.1. The van der Waals surface area contributed by atoms with Crippen molar-refractivity contribution in [1.29, 1.82) is 0 Å². The first-order valence-corrected chi connectivity index (χ1v) is 11.5. The molecule has 0 saturated carbocycles. The summed E-state index contributed by atoms with van der Waals surface area (Å²) in [4.78, 5) is 29.8. The molecule has 3 aromatic rings. The van der Waals surface area contributed by atoms with Crippen molar-refractivity contribution in [2.75, 3.05) is 39.1 Å². The summed E-state index contributed by atoms with van der Waals surface area (Å²) >= 11 is 0. The SMILES string of the molecule is CCCN(CC(=O)Nc1ccccc1OC)CC(=O)N(C)C(c1ccccc1)c1ccccc1. The van der Waals surface area contributed by atoms with Crippen LogP contribution in [0.1, 0.15) is 30.5 Å². The first-order chi connectivity index (χ1) is 16.5. The van der Waals surface area contributed by atoms with Gasteiger partial charge in [0.1, 0.15) is 5.75 Å². The molecule has 0 atom stereocenters. The van der Waals surface area contributed by atoms with Gasteiger partial charge in [-0.3, -0.25) is 14.5 Å². The number of likely N-dealkylation sites (N-methyl/N-ethyl adjacent to an activating group) is 1. The van der Waals surface area contributed by atoms with E-state index in [1.165, 1.54) is 0 Å². The summed E-state index contributed by atoms with van der Waals surface area (Å²) in [6.45, 7) is 2.95. The van der Waals surface area contributed by atoms with Gasteiger partial charge < -0.3 is 15.0 Å². The van der Waals surface area contributed by atoms with Crippen LogP contribution in [0.5, 0.6) is 5.75 Å². The third-order valence-electron chi connectivity index (χ3n) is 5.66. The molecule has 178 valence electrons. The van der Waals surface area contributed by atoms with Crippen LogP contribution >= 0.6 is 0 Å². The van der Waals surface area contributed by atoms with E-state index in [1.54, 1.807) is 24.1 Å². The van der Waals surface area contributed by atoms with Crippen LogP contribution in [0.4, 0.5) is 5.69 Å². The lowest BCUT2D eigenvalue weighted by atomic mass is 9.97. The smallest absolute Gasteiger partial charge is 0.238 e. The molecule has 0 aliphatic carbocycles. The molecular formula is C28H33N3O3. The lowest BCUT2D eigenvalue weighted by Crippen LogP contribution is -2.43. The number of para-hydroxylation sites is 2. The molecule has 0 spiro atoms. The van der Waals surface area contributed by atoms with E-state index in [0.29, 0.717) is 18.0 Å². The summed E-state index contributed by atoms with van der Waals surface area (Å²) in [5.41, 5.74) is 2.70. The molecule has 34 heavy (non-hydrogen) atoms. The number of nitrogens with one attached hydrogen (secondary N) is 1. The molecule has 0 unspecified atom stereocenters. The number of anilines is 1. The average Bonchev–Trinajstić information content (AvgIpc) is 2.86. The van der Waals surface area contributed by atoms with Crippen LogP contribution in [0.25, 0.3) is 0 Å². The first-order valence-electron chi connectivity index (χ1n) is 11.5. The van der Waals surface area contributed by atoms with E-state index in [-0.39, 0.29) is 30.9 Å². The van der Waals surface area contributed by atoms with Gasteiger partial charge in [0.15, 0.2) is 0 Å². The molecule has 1 N–H and O–H groups in total. The predicted octanol–water partition coefficient (Wildman–Crippen LogP) is 4.59. The molecule has 3 aromatic carbocycles. The Morgan fingerprint density at radius 1 is 0.853 bits per heavy atom. The maximum atomic E-state index is 13.4. The fraction of sp³-hybridized carbons (Fsp3) is 0.286. The number of ether oxygens (including phenoxy) is 1. The highest BCUT2D eigenvalue weighted by atomic mass is 16.5. The highest BCUT2D eigenvalue weighted by molar-refractivity contribution is 5.94. The topological polar surface area (TPSA) is 61.9 Å². The Morgan fingerprint density at radius 3 is 1.97 bits per heavy atom. The molecule has 0 fully saturated rings. The van der Waals surface area contributed by atoms with Gasteiger partial charge in [0.05, 0.1) is 31.9 Å². The predicted molar refractivity (Wildman–Crippen MR) is 136 cm³/mol. The number of carbonyl (C=O) groups is 2. The van der Waals surface area contributed by atoms with E-state index in [2.05, 4.69) is 5.32 Å². The molecule has 2 amide bonds. The van der Waals surface area contributed by atoms with Gasteiger partial charge >= 0.3 is 0 Å². The molecule has 0 aliphatic heterocycles. The van der Waals surface area contributed by atoms with Crippen LogP contribution in [0.15, 0.2) is 84.9 Å². The fourth-order valence-corrected chi connectivity index (χ4v) is 4.03. The van der Waals surface area contributed by atoms with E-state index in [4.69, 9.17) is 4.74 Å². The van der Waals surface area contributed by atoms with Crippen molar-refractivity contribution in [3.05, 3.63) is 96.1 Å². The summed E-state index contributed by atoms with van der Waals surface area (Å²) in [5.74, 6) is 0.370. The van der Waals surface area contributed by atoms with E-state index in [1.807, 2.05) is 91.7 Å². The van der Waals surface area contributed by atoms with E-state index < -0.39 is 0 Å². The van der Waals surface area contributed by atoms with Crippen molar-refractivity contribution in [3.63, 3.8) is 0 Å². The molecule has 0 radical (unpaired) electrons. The van der Waals surface area contributed by atoms with Crippen molar-refractivity contribution in [2.45, 2.75) is 19.4 Å². The van der Waals surface area contributed by atoms with Crippen LogP contribution in [-0.2, 0) is 9.59 Å². The Kier molecular flexibility index (Phi) is 9.23. The largest absolute Gasteiger partial charge is 0.495 e. The number of hydrogen-bond acceptors (Lipinski definition) is 4. The molecule has 6 heteroatoms. The van der Waals surface area contributed by atoms with Crippen molar-refractivity contribution in [1.82, 2.24) is 9.80 Å². The normalized spacial score (nSPS) is 10.9. The molecule has 0 bridgehead atoms. The second-order valence-corrected chi connectivity index (χ2v) is 8.19. The van der Waals surface area contributed by atoms with Crippen molar-refractivity contribution >= 4 is 17.5 Å². The standard InChI is InChI=1S/C28H33N3O3/c1-4-19-31(20-26(32)29-24-17-11-12-18-25(24)34-3)21-27(33)30(2)28(22-13-7-5-8-14-22)23-15-9-6-10-16-23/h5-18,28H,4,19-21H2,1-3H3,(H,29,32). The van der Waals surface area contributed by atoms with E-state index in [9.17, 15) is 9.59 Å². The number of carbonyl (C=O) groups excluding carboxylic acids is 2. The van der Waals surface area contributed by atoms with Gasteiger partial charge in [-0.1, -0.05) is 79.7 Å². The molecule has 0 heterocycles.